The van der Waals surface area contributed by atoms with Crippen LogP contribution in [0.1, 0.15) is 36.2 Å². The molecule has 0 bridgehead atoms. The third-order valence-electron chi connectivity index (χ3n) is 5.57. The Morgan fingerprint density at radius 2 is 2.00 bits per heavy atom. The second-order valence-corrected chi connectivity index (χ2v) is 7.58. The van der Waals surface area contributed by atoms with Crippen molar-refractivity contribution in [3.05, 3.63) is 53.4 Å². The smallest absolute Gasteiger partial charge is 0.244 e. The molecule has 1 aromatic heterocycles. The molecule has 30 heavy (non-hydrogen) atoms. The Bertz CT molecular complexity index is 1020. The Labute approximate surface area is 177 Å². The van der Waals surface area contributed by atoms with Crippen molar-refractivity contribution in [2.24, 2.45) is 10.1 Å². The van der Waals surface area contributed by atoms with Crippen LogP contribution in [-0.4, -0.2) is 43.5 Å². The molecule has 1 aliphatic heterocycles. The lowest BCUT2D eigenvalue weighted by atomic mass is 10.1. The number of hydrogen-bond donors (Lipinski definition) is 2. The highest BCUT2D eigenvalue weighted by Crippen LogP contribution is 2.32. The number of nitrogens with zero attached hydrogens (tertiary/aromatic N) is 5. The lowest BCUT2D eigenvalue weighted by Gasteiger charge is -2.29. The quantitative estimate of drug-likeness (QED) is 0.606. The minimum Gasteiger partial charge on any atom is -0.369 e. The molecule has 2 aromatic rings. The van der Waals surface area contributed by atoms with Crippen molar-refractivity contribution in [2.45, 2.75) is 26.2 Å². The van der Waals surface area contributed by atoms with E-state index in [0.717, 1.165) is 62.5 Å². The molecule has 0 atom stereocenters. The summed E-state index contributed by atoms with van der Waals surface area (Å²) in [7, 11) is 0. The number of rotatable bonds is 4. The zero-order valence-corrected chi connectivity index (χ0v) is 17.4. The molecular weight excluding hydrogens is 374 g/mol. The van der Waals surface area contributed by atoms with Crippen LogP contribution < -0.4 is 15.5 Å². The maximum absolute atomic E-state index is 9.58. The largest absolute Gasteiger partial charge is 0.369 e. The van der Waals surface area contributed by atoms with E-state index in [0.29, 0.717) is 11.5 Å². The van der Waals surface area contributed by atoms with Gasteiger partial charge in [0, 0.05) is 43.2 Å². The summed E-state index contributed by atoms with van der Waals surface area (Å²) in [6.45, 7) is 9.68. The fourth-order valence-electron chi connectivity index (χ4n) is 4.04. The first-order chi connectivity index (χ1) is 14.7. The molecule has 0 radical (unpaired) electrons. The number of benzene rings is 1. The number of allylic oxidation sites excluding steroid dienone is 2. The first kappa shape index (κ1) is 19.9. The molecule has 1 aliphatic carbocycles. The Kier molecular flexibility index (Phi) is 5.96. The predicted octanol–water partition coefficient (Wildman–Crippen LogP) is 3.58. The van der Waals surface area contributed by atoms with Crippen molar-refractivity contribution < 1.29 is 0 Å². The van der Waals surface area contributed by atoms with E-state index in [4.69, 9.17) is 0 Å². The average molecular weight is 402 g/mol. The molecule has 0 spiro atoms. The highest BCUT2D eigenvalue weighted by atomic mass is 15.4. The van der Waals surface area contributed by atoms with Gasteiger partial charge < -0.3 is 15.5 Å². The van der Waals surface area contributed by atoms with E-state index in [1.165, 1.54) is 11.3 Å². The number of nitrogens with one attached hydrogen (secondary N) is 2. The highest BCUT2D eigenvalue weighted by molar-refractivity contribution is 5.96. The van der Waals surface area contributed by atoms with Crippen LogP contribution in [0.5, 0.6) is 0 Å². The molecule has 0 saturated carbocycles. The van der Waals surface area contributed by atoms with Gasteiger partial charge in [-0.1, -0.05) is 6.08 Å². The molecule has 7 nitrogen and oxygen atoms in total. The molecule has 4 rings (SSSR count). The zero-order valence-electron chi connectivity index (χ0n) is 17.4. The van der Waals surface area contributed by atoms with Crippen molar-refractivity contribution in [1.82, 2.24) is 9.99 Å². The summed E-state index contributed by atoms with van der Waals surface area (Å²) in [4.78, 5) is 6.45. The lowest BCUT2D eigenvalue weighted by molar-refractivity contribution is 0.589. The van der Waals surface area contributed by atoms with E-state index in [-0.39, 0.29) is 0 Å². The third kappa shape index (κ3) is 4.14. The van der Waals surface area contributed by atoms with Crippen LogP contribution in [0.3, 0.4) is 0 Å². The maximum Gasteiger partial charge on any atom is 0.244 e. The van der Waals surface area contributed by atoms with Crippen LogP contribution in [0.15, 0.2) is 46.5 Å². The molecule has 154 valence electrons. The molecule has 2 N–H and O–H groups in total. The highest BCUT2D eigenvalue weighted by Gasteiger charge is 2.19. The van der Waals surface area contributed by atoms with Gasteiger partial charge in [-0.3, -0.25) is 0 Å². The Hall–Kier alpha value is -3.37. The van der Waals surface area contributed by atoms with Crippen LogP contribution in [0, 0.1) is 18.3 Å². The van der Waals surface area contributed by atoms with Crippen molar-refractivity contribution in [3.8, 4) is 6.07 Å². The minimum atomic E-state index is 0.396. The molecule has 2 heterocycles. The minimum absolute atomic E-state index is 0.396. The standard InChI is InChI=1S/C23H27N7/c1-17-15-19(16-24)22(18-5-3-4-6-18)30(17)28-23(25-2)27-20-7-9-21(10-8-20)29-13-11-26-12-14-29/h5,7-10,15,26H,2-4,6,11-14H2,1H3,(H,27,28). The van der Waals surface area contributed by atoms with Crippen molar-refractivity contribution >= 4 is 29.6 Å². The number of hydrogen-bond acceptors (Lipinski definition) is 4. The fourth-order valence-corrected chi connectivity index (χ4v) is 4.04. The SMILES string of the molecule is C=N/C(=N\n1c(C)cc(C#N)c1C1=CCCC1)Nc1ccc(N2CCNCC2)cc1. The topological polar surface area (TPSA) is 80.7 Å². The van der Waals surface area contributed by atoms with Gasteiger partial charge in [-0.05, 0) is 68.8 Å². The average Bonchev–Trinajstić information content (AvgIpc) is 3.42. The Morgan fingerprint density at radius 3 is 2.63 bits per heavy atom. The first-order valence-corrected chi connectivity index (χ1v) is 10.4. The number of nitriles is 1. The molecule has 7 heteroatoms. The molecule has 1 aromatic carbocycles. The van der Waals surface area contributed by atoms with Gasteiger partial charge in [0.05, 0.1) is 11.3 Å². The van der Waals surface area contributed by atoms with Gasteiger partial charge in [-0.2, -0.15) is 5.26 Å². The summed E-state index contributed by atoms with van der Waals surface area (Å²) < 4.78 is 1.81. The first-order valence-electron chi connectivity index (χ1n) is 10.4. The summed E-state index contributed by atoms with van der Waals surface area (Å²) in [5.74, 6) is 0.396. The van der Waals surface area contributed by atoms with E-state index >= 15 is 0 Å². The molecule has 1 fully saturated rings. The van der Waals surface area contributed by atoms with E-state index in [9.17, 15) is 5.26 Å². The van der Waals surface area contributed by atoms with E-state index in [1.54, 1.807) is 0 Å². The van der Waals surface area contributed by atoms with E-state index in [1.807, 2.05) is 29.8 Å². The van der Waals surface area contributed by atoms with Crippen LogP contribution >= 0.6 is 0 Å². The van der Waals surface area contributed by atoms with Crippen molar-refractivity contribution in [2.75, 3.05) is 36.4 Å². The molecule has 2 aliphatic rings. The number of aryl methyl sites for hydroxylation is 1. The van der Waals surface area contributed by atoms with Crippen LogP contribution in [0.25, 0.3) is 5.57 Å². The van der Waals surface area contributed by atoms with E-state index in [2.05, 4.69) is 56.6 Å². The fraction of sp³-hybridized carbons (Fsp3) is 0.348. The van der Waals surface area contributed by atoms with Crippen molar-refractivity contribution in [3.63, 3.8) is 0 Å². The second kappa shape index (κ2) is 8.97. The summed E-state index contributed by atoms with van der Waals surface area (Å²) in [5, 5.41) is 20.9. The summed E-state index contributed by atoms with van der Waals surface area (Å²) in [5.41, 5.74) is 5.69. The second-order valence-electron chi connectivity index (χ2n) is 7.58. The van der Waals surface area contributed by atoms with Gasteiger partial charge in [0.25, 0.3) is 0 Å². The molecule has 0 amide bonds. The lowest BCUT2D eigenvalue weighted by Crippen LogP contribution is -2.43. The summed E-state index contributed by atoms with van der Waals surface area (Å²) in [6, 6.07) is 12.5. The zero-order chi connectivity index (χ0) is 20.9. The van der Waals surface area contributed by atoms with Gasteiger partial charge >= 0.3 is 0 Å². The van der Waals surface area contributed by atoms with Gasteiger partial charge in [0.15, 0.2) is 0 Å². The van der Waals surface area contributed by atoms with Crippen LogP contribution in [0.2, 0.25) is 0 Å². The van der Waals surface area contributed by atoms with Gasteiger partial charge in [-0.25, -0.2) is 9.67 Å². The normalized spacial score (nSPS) is 16.9. The van der Waals surface area contributed by atoms with Gasteiger partial charge in [0.1, 0.15) is 6.07 Å². The number of anilines is 2. The number of piperazine rings is 1. The number of guanidine groups is 1. The maximum atomic E-state index is 9.58. The molecule has 1 saturated heterocycles. The Balaban J connectivity index is 1.58. The number of aliphatic imine (C=N–C) groups is 1. The summed E-state index contributed by atoms with van der Waals surface area (Å²) in [6.07, 6.45) is 5.31. The number of aromatic nitrogens is 1. The molecular formula is C23H27N7. The monoisotopic (exact) mass is 401 g/mol. The van der Waals surface area contributed by atoms with Gasteiger partial charge in [0.2, 0.25) is 5.96 Å². The van der Waals surface area contributed by atoms with Crippen molar-refractivity contribution in [1.29, 1.82) is 5.26 Å². The van der Waals surface area contributed by atoms with Crippen LogP contribution in [-0.2, 0) is 0 Å². The van der Waals surface area contributed by atoms with E-state index < -0.39 is 0 Å². The summed E-state index contributed by atoms with van der Waals surface area (Å²) >= 11 is 0. The van der Waals surface area contributed by atoms with Crippen LogP contribution in [0.4, 0.5) is 11.4 Å². The third-order valence-corrected chi connectivity index (χ3v) is 5.57. The molecule has 0 unspecified atom stereocenters. The predicted molar refractivity (Wildman–Crippen MR) is 123 cm³/mol. The Morgan fingerprint density at radius 1 is 1.23 bits per heavy atom. The van der Waals surface area contributed by atoms with Gasteiger partial charge in [-0.15, -0.1) is 5.10 Å².